The number of hydrogen-bond donors (Lipinski definition) is 2. The van der Waals surface area contributed by atoms with E-state index in [1.54, 1.807) is 0 Å². The lowest BCUT2D eigenvalue weighted by Gasteiger charge is -2.11. The molecule has 0 unspecified atom stereocenters. The number of imide groups is 1. The van der Waals surface area contributed by atoms with Crippen molar-refractivity contribution in [1.29, 1.82) is 0 Å². The molecule has 1 fully saturated rings. The Morgan fingerprint density at radius 2 is 2.22 bits per heavy atom. The zero-order valence-electron chi connectivity index (χ0n) is 13.5. The van der Waals surface area contributed by atoms with E-state index in [1.807, 2.05) is 31.3 Å². The number of carbonyl (C=O) groups is 3. The van der Waals surface area contributed by atoms with Gasteiger partial charge in [-0.25, -0.2) is 9.78 Å². The third kappa shape index (κ3) is 4.19. The molecule has 2 heterocycles. The minimum Gasteiger partial charge on any atom is -0.354 e. The molecule has 0 spiro atoms. The molecule has 1 aliphatic rings. The normalized spacial score (nSPS) is 17.3. The van der Waals surface area contributed by atoms with Gasteiger partial charge in [0, 0.05) is 26.0 Å². The van der Waals surface area contributed by atoms with E-state index in [0.717, 1.165) is 15.7 Å². The lowest BCUT2D eigenvalue weighted by atomic mass is 10.2. The number of amides is 4. The average molecular weight is 339 g/mol. The van der Waals surface area contributed by atoms with E-state index in [1.165, 1.54) is 11.3 Å². The molecule has 0 aliphatic carbocycles. The van der Waals surface area contributed by atoms with Gasteiger partial charge in [0.15, 0.2) is 5.13 Å². The summed E-state index contributed by atoms with van der Waals surface area (Å²) < 4.78 is 0. The van der Waals surface area contributed by atoms with E-state index in [-0.39, 0.29) is 18.2 Å². The van der Waals surface area contributed by atoms with Gasteiger partial charge in [0.25, 0.3) is 5.91 Å². The number of hydrogen-bond acceptors (Lipinski definition) is 6. The number of nitrogens with zero attached hydrogens (tertiary/aromatic N) is 3. The van der Waals surface area contributed by atoms with Gasteiger partial charge < -0.3 is 15.5 Å². The highest BCUT2D eigenvalue weighted by molar-refractivity contribution is 7.13. The van der Waals surface area contributed by atoms with E-state index in [4.69, 9.17) is 0 Å². The Bertz CT molecular complexity index is 601. The minimum absolute atomic E-state index is 0.0601. The summed E-state index contributed by atoms with van der Waals surface area (Å²) >= 11 is 1.49. The Morgan fingerprint density at radius 1 is 1.48 bits per heavy atom. The van der Waals surface area contributed by atoms with Gasteiger partial charge in [-0.05, 0) is 6.42 Å². The van der Waals surface area contributed by atoms with Crippen LogP contribution in [-0.4, -0.2) is 54.4 Å². The summed E-state index contributed by atoms with van der Waals surface area (Å²) in [5, 5.41) is 8.01. The number of aromatic nitrogens is 1. The second-order valence-electron chi connectivity index (χ2n) is 5.49. The summed E-state index contributed by atoms with van der Waals surface area (Å²) in [5.41, 5.74) is 0.765. The molecular weight excluding hydrogens is 318 g/mol. The molecule has 1 aliphatic heterocycles. The van der Waals surface area contributed by atoms with E-state index in [2.05, 4.69) is 15.6 Å². The van der Waals surface area contributed by atoms with E-state index in [0.29, 0.717) is 19.5 Å². The van der Waals surface area contributed by atoms with E-state index >= 15 is 0 Å². The van der Waals surface area contributed by atoms with Crippen LogP contribution in [0.2, 0.25) is 0 Å². The molecule has 0 bridgehead atoms. The Morgan fingerprint density at radius 3 is 2.83 bits per heavy atom. The smallest absolute Gasteiger partial charge is 0.324 e. The van der Waals surface area contributed by atoms with Crippen LogP contribution in [0.1, 0.15) is 25.5 Å². The summed E-state index contributed by atoms with van der Waals surface area (Å²) in [6.45, 7) is 2.56. The predicted molar refractivity (Wildman–Crippen MR) is 87.2 cm³/mol. The second kappa shape index (κ2) is 7.40. The average Bonchev–Trinajstić information content (AvgIpc) is 3.06. The van der Waals surface area contributed by atoms with Crippen LogP contribution in [0.4, 0.5) is 9.93 Å². The molecule has 8 nitrogen and oxygen atoms in total. The summed E-state index contributed by atoms with van der Waals surface area (Å²) in [6.07, 6.45) is 0.631. The van der Waals surface area contributed by atoms with Gasteiger partial charge in [0.2, 0.25) is 5.91 Å². The summed E-state index contributed by atoms with van der Waals surface area (Å²) in [7, 11) is 3.80. The van der Waals surface area contributed by atoms with Gasteiger partial charge in [-0.15, -0.1) is 11.3 Å². The number of nitrogens with one attached hydrogen (secondary N) is 2. The molecule has 0 aromatic carbocycles. The van der Waals surface area contributed by atoms with Crippen molar-refractivity contribution in [3.05, 3.63) is 11.1 Å². The van der Waals surface area contributed by atoms with Crippen LogP contribution in [0.3, 0.4) is 0 Å². The molecule has 0 radical (unpaired) electrons. The molecule has 1 aromatic heterocycles. The molecule has 126 valence electrons. The van der Waals surface area contributed by atoms with Crippen LogP contribution >= 0.6 is 11.3 Å². The zero-order chi connectivity index (χ0) is 17.0. The standard InChI is InChI=1S/C14H21N5O3S/c1-4-5-19-12(21)10(17-13(19)22)6-11(20)15-7-9-8-23-14(16-9)18(2)3/h8,10H,4-7H2,1-3H3,(H,15,20)(H,17,22)/t10-/m1/s1. The highest BCUT2D eigenvalue weighted by Crippen LogP contribution is 2.17. The lowest BCUT2D eigenvalue weighted by Crippen LogP contribution is -2.36. The van der Waals surface area contributed by atoms with E-state index in [9.17, 15) is 14.4 Å². The highest BCUT2D eigenvalue weighted by atomic mass is 32.1. The third-order valence-corrected chi connectivity index (χ3v) is 4.39. The molecular formula is C14H21N5O3S. The SMILES string of the molecule is CCCN1C(=O)N[C@H](CC(=O)NCc2csc(N(C)C)n2)C1=O. The van der Waals surface area contributed by atoms with Crippen LogP contribution in [0, 0.1) is 0 Å². The molecule has 4 amide bonds. The molecule has 0 saturated carbocycles. The minimum atomic E-state index is -0.776. The largest absolute Gasteiger partial charge is 0.354 e. The first kappa shape index (κ1) is 17.2. The molecule has 1 atom stereocenters. The van der Waals surface area contributed by atoms with Crippen molar-refractivity contribution in [3.8, 4) is 0 Å². The maximum atomic E-state index is 12.0. The van der Waals surface area contributed by atoms with Gasteiger partial charge in [0.05, 0.1) is 18.7 Å². The van der Waals surface area contributed by atoms with Gasteiger partial charge in [0.1, 0.15) is 6.04 Å². The lowest BCUT2D eigenvalue weighted by molar-refractivity contribution is -0.130. The van der Waals surface area contributed by atoms with Crippen molar-refractivity contribution < 1.29 is 14.4 Å². The van der Waals surface area contributed by atoms with Crippen LogP contribution in [-0.2, 0) is 16.1 Å². The Kier molecular flexibility index (Phi) is 5.54. The Labute approximate surface area is 138 Å². The number of carbonyl (C=O) groups excluding carboxylic acids is 3. The fourth-order valence-electron chi connectivity index (χ4n) is 2.18. The number of urea groups is 1. The van der Waals surface area contributed by atoms with Gasteiger partial charge >= 0.3 is 6.03 Å². The first-order valence-corrected chi connectivity index (χ1v) is 8.30. The van der Waals surface area contributed by atoms with E-state index < -0.39 is 12.1 Å². The molecule has 2 rings (SSSR count). The number of rotatable bonds is 7. The van der Waals surface area contributed by atoms with Gasteiger partial charge in [-0.2, -0.15) is 0 Å². The summed E-state index contributed by atoms with van der Waals surface area (Å²) in [6, 6.07) is -1.20. The fourth-order valence-corrected chi connectivity index (χ4v) is 2.94. The first-order valence-electron chi connectivity index (χ1n) is 7.42. The van der Waals surface area contributed by atoms with Crippen LogP contribution < -0.4 is 15.5 Å². The number of thiazole rings is 1. The summed E-state index contributed by atoms with van der Waals surface area (Å²) in [5.74, 6) is -0.628. The first-order chi connectivity index (χ1) is 10.9. The van der Waals surface area contributed by atoms with Crippen molar-refractivity contribution in [1.82, 2.24) is 20.5 Å². The molecule has 1 saturated heterocycles. The van der Waals surface area contributed by atoms with Gasteiger partial charge in [-0.3, -0.25) is 14.5 Å². The summed E-state index contributed by atoms with van der Waals surface area (Å²) in [4.78, 5) is 43.1. The van der Waals surface area contributed by atoms with Crippen LogP contribution in [0.15, 0.2) is 5.38 Å². The molecule has 2 N–H and O–H groups in total. The van der Waals surface area contributed by atoms with Crippen LogP contribution in [0.25, 0.3) is 0 Å². The number of anilines is 1. The highest BCUT2D eigenvalue weighted by Gasteiger charge is 2.38. The Balaban J connectivity index is 1.83. The van der Waals surface area contributed by atoms with Crippen molar-refractivity contribution in [2.45, 2.75) is 32.4 Å². The molecule has 1 aromatic rings. The molecule has 23 heavy (non-hydrogen) atoms. The van der Waals surface area contributed by atoms with Crippen molar-refractivity contribution in [2.24, 2.45) is 0 Å². The third-order valence-electron chi connectivity index (χ3n) is 3.33. The maximum absolute atomic E-state index is 12.0. The second-order valence-corrected chi connectivity index (χ2v) is 6.33. The van der Waals surface area contributed by atoms with Crippen molar-refractivity contribution in [3.63, 3.8) is 0 Å². The quantitative estimate of drug-likeness (QED) is 0.707. The Hall–Kier alpha value is -2.16. The van der Waals surface area contributed by atoms with Crippen molar-refractivity contribution in [2.75, 3.05) is 25.5 Å². The maximum Gasteiger partial charge on any atom is 0.324 e. The van der Waals surface area contributed by atoms with Crippen LogP contribution in [0.5, 0.6) is 0 Å². The van der Waals surface area contributed by atoms with Gasteiger partial charge in [-0.1, -0.05) is 6.92 Å². The fraction of sp³-hybridized carbons (Fsp3) is 0.571. The monoisotopic (exact) mass is 339 g/mol. The topological polar surface area (TPSA) is 94.6 Å². The predicted octanol–water partition coefficient (Wildman–Crippen LogP) is 0.546. The zero-order valence-corrected chi connectivity index (χ0v) is 14.3. The van der Waals surface area contributed by atoms with Crippen molar-refractivity contribution >= 4 is 34.3 Å². The molecule has 9 heteroatoms.